The lowest BCUT2D eigenvalue weighted by Crippen LogP contribution is -2.20. The van der Waals surface area contributed by atoms with E-state index in [4.69, 9.17) is 4.74 Å². The van der Waals surface area contributed by atoms with Crippen LogP contribution in [0.5, 0.6) is 5.75 Å². The monoisotopic (exact) mass is 211 g/mol. The Hall–Kier alpha value is -1.42. The number of carbonyl (C=O) groups excluding carboxylic acids is 1. The summed E-state index contributed by atoms with van der Waals surface area (Å²) >= 11 is 0. The zero-order valence-electron chi connectivity index (χ0n) is 9.06. The molecule has 82 valence electrons. The third-order valence-corrected chi connectivity index (χ3v) is 2.13. The maximum atomic E-state index is 13.7. The molecule has 0 amide bonds. The van der Waals surface area contributed by atoms with Crippen molar-refractivity contribution in [2.75, 3.05) is 20.7 Å². The third kappa shape index (κ3) is 2.33. The zero-order chi connectivity index (χ0) is 11.4. The van der Waals surface area contributed by atoms with Gasteiger partial charge in [0.05, 0.1) is 19.2 Å². The number of Topliss-reactive ketones (excluding diaryl/α,β-unsaturated/α-hetero) is 1. The number of nitrogens with one attached hydrogen (secondary N) is 1. The van der Waals surface area contributed by atoms with Crippen LogP contribution in [0.1, 0.15) is 15.9 Å². The van der Waals surface area contributed by atoms with Crippen molar-refractivity contribution in [2.45, 2.75) is 6.92 Å². The van der Waals surface area contributed by atoms with Gasteiger partial charge in [-0.05, 0) is 25.6 Å². The number of carbonyl (C=O) groups is 1. The molecule has 0 spiro atoms. The lowest BCUT2D eigenvalue weighted by atomic mass is 10.1. The number of ketones is 1. The summed E-state index contributed by atoms with van der Waals surface area (Å²) < 4.78 is 18.7. The normalized spacial score (nSPS) is 10.1. The van der Waals surface area contributed by atoms with E-state index in [2.05, 4.69) is 5.32 Å². The molecule has 0 saturated carbocycles. The van der Waals surface area contributed by atoms with Crippen molar-refractivity contribution < 1.29 is 13.9 Å². The van der Waals surface area contributed by atoms with Crippen molar-refractivity contribution in [3.05, 3.63) is 29.1 Å². The van der Waals surface area contributed by atoms with E-state index >= 15 is 0 Å². The number of ether oxygens (including phenoxy) is 1. The Labute approximate surface area is 88.2 Å². The molecule has 0 bridgehead atoms. The van der Waals surface area contributed by atoms with Gasteiger partial charge in [-0.25, -0.2) is 4.39 Å². The molecule has 0 atom stereocenters. The minimum atomic E-state index is -0.505. The van der Waals surface area contributed by atoms with Crippen LogP contribution in [0.4, 0.5) is 4.39 Å². The largest absolute Gasteiger partial charge is 0.496 e. The second-order valence-electron chi connectivity index (χ2n) is 3.23. The SMILES string of the molecule is CNCC(=O)c1c(OC)ccc(C)c1F. The molecule has 0 aliphatic rings. The highest BCUT2D eigenvalue weighted by atomic mass is 19.1. The van der Waals surface area contributed by atoms with Gasteiger partial charge in [0.1, 0.15) is 11.6 Å². The predicted octanol–water partition coefficient (Wildman–Crippen LogP) is 1.54. The summed E-state index contributed by atoms with van der Waals surface area (Å²) in [6.07, 6.45) is 0. The summed E-state index contributed by atoms with van der Waals surface area (Å²) in [6.45, 7) is 1.71. The molecule has 0 unspecified atom stereocenters. The first-order valence-corrected chi connectivity index (χ1v) is 4.62. The summed E-state index contributed by atoms with van der Waals surface area (Å²) in [5.74, 6) is -0.538. The fraction of sp³-hybridized carbons (Fsp3) is 0.364. The van der Waals surface area contributed by atoms with Crippen molar-refractivity contribution >= 4 is 5.78 Å². The lowest BCUT2D eigenvalue weighted by Gasteiger charge is -2.10. The zero-order valence-corrected chi connectivity index (χ0v) is 9.06. The van der Waals surface area contributed by atoms with E-state index in [1.807, 2.05) is 0 Å². The molecule has 0 aromatic heterocycles. The van der Waals surface area contributed by atoms with Crippen LogP contribution in [0.25, 0.3) is 0 Å². The average Bonchev–Trinajstić information content (AvgIpc) is 2.22. The highest BCUT2D eigenvalue weighted by Gasteiger charge is 2.18. The van der Waals surface area contributed by atoms with Gasteiger partial charge in [-0.15, -0.1) is 0 Å². The van der Waals surface area contributed by atoms with E-state index in [1.165, 1.54) is 7.11 Å². The minimum Gasteiger partial charge on any atom is -0.496 e. The number of aryl methyl sites for hydroxylation is 1. The molecule has 1 N–H and O–H groups in total. The topological polar surface area (TPSA) is 38.3 Å². The summed E-state index contributed by atoms with van der Waals surface area (Å²) in [5, 5.41) is 2.69. The van der Waals surface area contributed by atoms with Crippen molar-refractivity contribution in [1.82, 2.24) is 5.32 Å². The number of methoxy groups -OCH3 is 1. The van der Waals surface area contributed by atoms with E-state index in [0.717, 1.165) is 0 Å². The van der Waals surface area contributed by atoms with E-state index < -0.39 is 5.82 Å². The fourth-order valence-corrected chi connectivity index (χ4v) is 1.34. The first-order chi connectivity index (χ1) is 7.11. The first-order valence-electron chi connectivity index (χ1n) is 4.62. The average molecular weight is 211 g/mol. The summed E-state index contributed by atoms with van der Waals surface area (Å²) in [5.41, 5.74) is 0.460. The maximum absolute atomic E-state index is 13.7. The summed E-state index contributed by atoms with van der Waals surface area (Å²) in [4.78, 5) is 11.6. The van der Waals surface area contributed by atoms with Gasteiger partial charge in [0.25, 0.3) is 0 Å². The highest BCUT2D eigenvalue weighted by molar-refractivity contribution is 6.00. The Morgan fingerprint density at radius 2 is 2.20 bits per heavy atom. The standard InChI is InChI=1S/C11H14FNO2/c1-7-4-5-9(15-3)10(11(7)12)8(14)6-13-2/h4-5,13H,6H2,1-3H3. The minimum absolute atomic E-state index is 0.0202. The van der Waals surface area contributed by atoms with Gasteiger partial charge >= 0.3 is 0 Å². The van der Waals surface area contributed by atoms with Gasteiger partial charge < -0.3 is 10.1 Å². The predicted molar refractivity (Wildman–Crippen MR) is 55.9 cm³/mol. The van der Waals surface area contributed by atoms with Gasteiger partial charge in [0.15, 0.2) is 5.78 Å². The number of halogens is 1. The molecule has 1 aromatic rings. The molecule has 0 saturated heterocycles. The molecule has 0 radical (unpaired) electrons. The Bertz CT molecular complexity index is 377. The van der Waals surface area contributed by atoms with Crippen molar-refractivity contribution in [3.8, 4) is 5.75 Å². The quantitative estimate of drug-likeness (QED) is 0.768. The van der Waals surface area contributed by atoms with Gasteiger partial charge in [0, 0.05) is 0 Å². The number of rotatable bonds is 4. The highest BCUT2D eigenvalue weighted by Crippen LogP contribution is 2.24. The number of likely N-dealkylation sites (N-methyl/N-ethyl adjacent to an activating group) is 1. The lowest BCUT2D eigenvalue weighted by molar-refractivity contribution is 0.0986. The van der Waals surface area contributed by atoms with Gasteiger partial charge in [-0.2, -0.15) is 0 Å². The molecule has 0 heterocycles. The van der Waals surface area contributed by atoms with E-state index in [0.29, 0.717) is 5.56 Å². The van der Waals surface area contributed by atoms with Crippen LogP contribution in [0, 0.1) is 12.7 Å². The van der Waals surface area contributed by atoms with E-state index in [1.54, 1.807) is 26.1 Å². The molecule has 4 heteroatoms. The molecule has 1 rings (SSSR count). The molecule has 0 aliphatic heterocycles. The van der Waals surface area contributed by atoms with Gasteiger partial charge in [-0.1, -0.05) is 6.07 Å². The van der Waals surface area contributed by atoms with Crippen LogP contribution in [0.2, 0.25) is 0 Å². The molecule has 0 aliphatic carbocycles. The van der Waals surface area contributed by atoms with Crippen LogP contribution >= 0.6 is 0 Å². The van der Waals surface area contributed by atoms with Crippen LogP contribution < -0.4 is 10.1 Å². The fourth-order valence-electron chi connectivity index (χ4n) is 1.34. The van der Waals surface area contributed by atoms with Gasteiger partial charge in [-0.3, -0.25) is 4.79 Å². The second kappa shape index (κ2) is 4.89. The smallest absolute Gasteiger partial charge is 0.183 e. The third-order valence-electron chi connectivity index (χ3n) is 2.13. The summed E-state index contributed by atoms with van der Waals surface area (Å²) in [7, 11) is 3.05. The molecular formula is C11H14FNO2. The van der Waals surface area contributed by atoms with E-state index in [9.17, 15) is 9.18 Å². The number of benzene rings is 1. The first kappa shape index (κ1) is 11.7. The van der Waals surface area contributed by atoms with Crippen LogP contribution in [0.3, 0.4) is 0 Å². The molecule has 1 aromatic carbocycles. The Kier molecular flexibility index (Phi) is 3.80. The van der Waals surface area contributed by atoms with Crippen molar-refractivity contribution in [3.63, 3.8) is 0 Å². The Balaban J connectivity index is 3.23. The van der Waals surface area contributed by atoms with Crippen LogP contribution in [-0.2, 0) is 0 Å². The molecular weight excluding hydrogens is 197 g/mol. The summed E-state index contributed by atoms with van der Waals surface area (Å²) in [6, 6.07) is 3.19. The van der Waals surface area contributed by atoms with E-state index in [-0.39, 0.29) is 23.6 Å². The Morgan fingerprint density at radius 1 is 1.53 bits per heavy atom. The van der Waals surface area contributed by atoms with Crippen molar-refractivity contribution in [1.29, 1.82) is 0 Å². The maximum Gasteiger partial charge on any atom is 0.183 e. The molecule has 0 fully saturated rings. The Morgan fingerprint density at radius 3 is 2.73 bits per heavy atom. The van der Waals surface area contributed by atoms with Crippen LogP contribution in [0.15, 0.2) is 12.1 Å². The van der Waals surface area contributed by atoms with Crippen molar-refractivity contribution in [2.24, 2.45) is 0 Å². The number of hydrogen-bond acceptors (Lipinski definition) is 3. The van der Waals surface area contributed by atoms with Crippen LogP contribution in [-0.4, -0.2) is 26.5 Å². The number of hydrogen-bond donors (Lipinski definition) is 1. The molecule has 3 nitrogen and oxygen atoms in total. The van der Waals surface area contributed by atoms with Gasteiger partial charge in [0.2, 0.25) is 0 Å². The molecule has 15 heavy (non-hydrogen) atoms. The second-order valence-corrected chi connectivity index (χ2v) is 3.23.